The normalized spacial score (nSPS) is 25.4. The number of aryl methyl sites for hydroxylation is 1. The lowest BCUT2D eigenvalue weighted by Gasteiger charge is -2.30. The molecule has 2 unspecified atom stereocenters. The summed E-state index contributed by atoms with van der Waals surface area (Å²) in [4.78, 5) is 0. The van der Waals surface area contributed by atoms with Crippen molar-refractivity contribution >= 4 is 0 Å². The Bertz CT molecular complexity index is 338. The third kappa shape index (κ3) is 1.49. The van der Waals surface area contributed by atoms with Crippen molar-refractivity contribution in [3.8, 4) is 5.75 Å². The number of rotatable bonds is 1. The molecule has 1 aliphatic heterocycles. The van der Waals surface area contributed by atoms with Crippen LogP contribution in [0.2, 0.25) is 0 Å². The Hall–Kier alpha value is -1.06. The first kappa shape index (κ1) is 9.49. The van der Waals surface area contributed by atoms with Gasteiger partial charge >= 0.3 is 0 Å². The van der Waals surface area contributed by atoms with Crippen LogP contribution in [-0.2, 0) is 4.74 Å². The van der Waals surface area contributed by atoms with Crippen molar-refractivity contribution in [2.75, 3.05) is 13.7 Å². The first-order chi connectivity index (χ1) is 6.72. The van der Waals surface area contributed by atoms with Gasteiger partial charge in [0, 0.05) is 12.7 Å². The molecule has 3 heteroatoms. The average Bonchev–Trinajstić information content (AvgIpc) is 2.20. The fourth-order valence-corrected chi connectivity index (χ4v) is 1.75. The van der Waals surface area contributed by atoms with Gasteiger partial charge in [0.2, 0.25) is 0 Å². The molecule has 76 valence electrons. The Labute approximate surface area is 83.8 Å². The van der Waals surface area contributed by atoms with Crippen molar-refractivity contribution in [2.45, 2.75) is 19.1 Å². The van der Waals surface area contributed by atoms with Crippen molar-refractivity contribution in [1.82, 2.24) is 0 Å². The molecule has 1 aromatic carbocycles. The molecule has 0 aromatic heterocycles. The van der Waals surface area contributed by atoms with E-state index in [0.29, 0.717) is 6.61 Å². The Morgan fingerprint density at radius 3 is 3.00 bits per heavy atom. The van der Waals surface area contributed by atoms with Crippen LogP contribution in [0.25, 0.3) is 0 Å². The van der Waals surface area contributed by atoms with Crippen LogP contribution < -0.4 is 10.5 Å². The molecule has 1 aliphatic rings. The van der Waals surface area contributed by atoms with Gasteiger partial charge in [-0.1, -0.05) is 17.7 Å². The third-order valence-electron chi connectivity index (χ3n) is 2.63. The van der Waals surface area contributed by atoms with Gasteiger partial charge in [-0.15, -0.1) is 0 Å². The van der Waals surface area contributed by atoms with Crippen LogP contribution in [0.1, 0.15) is 17.2 Å². The highest BCUT2D eigenvalue weighted by Crippen LogP contribution is 2.32. The van der Waals surface area contributed by atoms with Crippen LogP contribution in [-0.4, -0.2) is 19.8 Å². The maximum absolute atomic E-state index is 6.06. The molecule has 1 heterocycles. The van der Waals surface area contributed by atoms with E-state index >= 15 is 0 Å². The summed E-state index contributed by atoms with van der Waals surface area (Å²) in [5, 5.41) is 0. The molecule has 0 radical (unpaired) electrons. The van der Waals surface area contributed by atoms with E-state index in [1.165, 1.54) is 5.56 Å². The van der Waals surface area contributed by atoms with E-state index < -0.39 is 0 Å². The van der Waals surface area contributed by atoms with Gasteiger partial charge in [-0.2, -0.15) is 0 Å². The lowest BCUT2D eigenvalue weighted by molar-refractivity contribution is 0.0260. The number of benzene rings is 1. The first-order valence-electron chi connectivity index (χ1n) is 4.74. The largest absolute Gasteiger partial charge is 0.490 e. The predicted molar refractivity (Wildman–Crippen MR) is 54.4 cm³/mol. The summed E-state index contributed by atoms with van der Waals surface area (Å²) in [6.45, 7) is 2.58. The molecule has 0 spiro atoms. The van der Waals surface area contributed by atoms with Gasteiger partial charge in [-0.05, 0) is 13.0 Å². The van der Waals surface area contributed by atoms with E-state index in [1.54, 1.807) is 7.11 Å². The van der Waals surface area contributed by atoms with E-state index in [-0.39, 0.29) is 12.1 Å². The Morgan fingerprint density at radius 1 is 1.50 bits per heavy atom. The quantitative estimate of drug-likeness (QED) is 0.733. The number of methoxy groups -OCH3 is 1. The zero-order chi connectivity index (χ0) is 10.1. The predicted octanol–water partition coefficient (Wildman–Crippen LogP) is 1.40. The van der Waals surface area contributed by atoms with Crippen LogP contribution in [0.5, 0.6) is 5.75 Å². The second kappa shape index (κ2) is 3.59. The Kier molecular flexibility index (Phi) is 2.44. The van der Waals surface area contributed by atoms with E-state index in [2.05, 4.69) is 6.07 Å². The molecule has 14 heavy (non-hydrogen) atoms. The molecule has 0 aliphatic carbocycles. The molecular weight excluding hydrogens is 178 g/mol. The minimum atomic E-state index is -0.0800. The minimum Gasteiger partial charge on any atom is -0.490 e. The molecule has 2 atom stereocenters. The second-order valence-corrected chi connectivity index (χ2v) is 3.65. The van der Waals surface area contributed by atoms with Gasteiger partial charge in [0.25, 0.3) is 0 Å². The molecule has 0 saturated carbocycles. The summed E-state index contributed by atoms with van der Waals surface area (Å²) in [6.07, 6.45) is -0.0377. The van der Waals surface area contributed by atoms with Crippen LogP contribution in [0.4, 0.5) is 0 Å². The van der Waals surface area contributed by atoms with Gasteiger partial charge in [0.1, 0.15) is 18.5 Å². The van der Waals surface area contributed by atoms with Gasteiger partial charge in [-0.25, -0.2) is 0 Å². The van der Waals surface area contributed by atoms with Gasteiger partial charge in [-0.3, -0.25) is 0 Å². The summed E-state index contributed by atoms with van der Waals surface area (Å²) in [7, 11) is 1.66. The van der Waals surface area contributed by atoms with Gasteiger partial charge in [0.05, 0.1) is 6.04 Å². The van der Waals surface area contributed by atoms with E-state index in [1.807, 2.05) is 19.1 Å². The first-order valence-corrected chi connectivity index (χ1v) is 4.74. The average molecular weight is 193 g/mol. The van der Waals surface area contributed by atoms with Crippen molar-refractivity contribution < 1.29 is 9.47 Å². The number of hydrogen-bond acceptors (Lipinski definition) is 3. The highest BCUT2D eigenvalue weighted by molar-refractivity contribution is 5.41. The summed E-state index contributed by atoms with van der Waals surface area (Å²) in [5.74, 6) is 0.886. The Morgan fingerprint density at radius 2 is 2.29 bits per heavy atom. The summed E-state index contributed by atoms with van der Waals surface area (Å²) < 4.78 is 10.8. The van der Waals surface area contributed by atoms with E-state index in [0.717, 1.165) is 11.3 Å². The van der Waals surface area contributed by atoms with Gasteiger partial charge < -0.3 is 15.2 Å². The molecule has 0 saturated heterocycles. The minimum absolute atomic E-state index is 0.0377. The highest BCUT2D eigenvalue weighted by atomic mass is 16.5. The zero-order valence-electron chi connectivity index (χ0n) is 8.49. The molecular formula is C11H15NO2. The van der Waals surface area contributed by atoms with Crippen molar-refractivity contribution in [3.63, 3.8) is 0 Å². The second-order valence-electron chi connectivity index (χ2n) is 3.65. The molecule has 1 aromatic rings. The molecule has 2 N–H and O–H groups in total. The smallest absolute Gasteiger partial charge is 0.124 e. The lowest BCUT2D eigenvalue weighted by atomic mass is 9.97. The lowest BCUT2D eigenvalue weighted by Crippen LogP contribution is -2.37. The number of fused-ring (bicyclic) bond motifs is 1. The van der Waals surface area contributed by atoms with E-state index in [4.69, 9.17) is 15.2 Å². The summed E-state index contributed by atoms with van der Waals surface area (Å²) in [6, 6.07) is 5.98. The molecule has 3 nitrogen and oxygen atoms in total. The SMILES string of the molecule is COC1COc2ccc(C)cc2C1N. The molecule has 0 amide bonds. The highest BCUT2D eigenvalue weighted by Gasteiger charge is 2.27. The fourth-order valence-electron chi connectivity index (χ4n) is 1.75. The van der Waals surface area contributed by atoms with Crippen molar-refractivity contribution in [1.29, 1.82) is 0 Å². The zero-order valence-corrected chi connectivity index (χ0v) is 8.49. The monoisotopic (exact) mass is 193 g/mol. The molecule has 0 fully saturated rings. The number of ether oxygens (including phenoxy) is 2. The topological polar surface area (TPSA) is 44.5 Å². The van der Waals surface area contributed by atoms with Crippen molar-refractivity contribution in [2.24, 2.45) is 5.73 Å². The maximum atomic E-state index is 6.06. The summed E-state index contributed by atoms with van der Waals surface area (Å²) >= 11 is 0. The molecule has 0 bridgehead atoms. The fraction of sp³-hybridized carbons (Fsp3) is 0.455. The van der Waals surface area contributed by atoms with Crippen molar-refractivity contribution in [3.05, 3.63) is 29.3 Å². The summed E-state index contributed by atoms with van der Waals surface area (Å²) in [5.41, 5.74) is 8.30. The van der Waals surface area contributed by atoms with Crippen LogP contribution >= 0.6 is 0 Å². The van der Waals surface area contributed by atoms with Gasteiger partial charge in [0.15, 0.2) is 0 Å². The van der Waals surface area contributed by atoms with Crippen LogP contribution in [0, 0.1) is 6.92 Å². The van der Waals surface area contributed by atoms with Crippen LogP contribution in [0.3, 0.4) is 0 Å². The maximum Gasteiger partial charge on any atom is 0.124 e. The Balaban J connectivity index is 2.38. The number of nitrogens with two attached hydrogens (primary N) is 1. The number of hydrogen-bond donors (Lipinski definition) is 1. The standard InChI is InChI=1S/C11H15NO2/c1-7-3-4-9-8(5-7)11(12)10(13-2)6-14-9/h3-5,10-11H,6,12H2,1-2H3. The van der Waals surface area contributed by atoms with Crippen LogP contribution in [0.15, 0.2) is 18.2 Å². The molecule has 2 rings (SSSR count). The third-order valence-corrected chi connectivity index (χ3v) is 2.63. The van der Waals surface area contributed by atoms with E-state index in [9.17, 15) is 0 Å².